The number of amides is 2. The maximum Gasteiger partial charge on any atom is 0.244 e. The van der Waals surface area contributed by atoms with E-state index in [1.807, 2.05) is 30.3 Å². The van der Waals surface area contributed by atoms with Crippen molar-refractivity contribution in [3.8, 4) is 11.5 Å². The van der Waals surface area contributed by atoms with Gasteiger partial charge in [-0.1, -0.05) is 61.2 Å². The largest absolute Gasteiger partial charge is 0.457 e. The van der Waals surface area contributed by atoms with Gasteiger partial charge >= 0.3 is 0 Å². The lowest BCUT2D eigenvalue weighted by atomic mass is 9.95. The molecular formula is C31H36ClN3O5S. The fraction of sp³-hybridized carbons (Fsp3) is 0.355. The highest BCUT2D eigenvalue weighted by molar-refractivity contribution is 7.92. The molecule has 4 rings (SSSR count). The molecule has 0 bridgehead atoms. The van der Waals surface area contributed by atoms with Crippen LogP contribution in [0.1, 0.15) is 44.6 Å². The van der Waals surface area contributed by atoms with Crippen molar-refractivity contribution in [3.05, 3.63) is 89.4 Å². The number of para-hydroxylation sites is 1. The van der Waals surface area contributed by atoms with Gasteiger partial charge in [-0.3, -0.25) is 13.9 Å². The molecule has 1 aliphatic rings. The fourth-order valence-electron chi connectivity index (χ4n) is 4.86. The Bertz CT molecular complexity index is 1410. The lowest BCUT2D eigenvalue weighted by Crippen LogP contribution is -2.52. The molecule has 0 radical (unpaired) electrons. The van der Waals surface area contributed by atoms with E-state index in [1.54, 1.807) is 55.5 Å². The Morgan fingerprint density at radius 2 is 1.54 bits per heavy atom. The van der Waals surface area contributed by atoms with Crippen LogP contribution in [0.25, 0.3) is 0 Å². The first-order valence-corrected chi connectivity index (χ1v) is 16.0. The molecule has 1 atom stereocenters. The van der Waals surface area contributed by atoms with Gasteiger partial charge in [-0.25, -0.2) is 8.42 Å². The van der Waals surface area contributed by atoms with Gasteiger partial charge in [0.05, 0.1) is 11.9 Å². The van der Waals surface area contributed by atoms with Crippen LogP contribution in [0.2, 0.25) is 5.02 Å². The first-order valence-electron chi connectivity index (χ1n) is 13.7. The normalized spacial score (nSPS) is 14.6. The molecule has 0 aromatic heterocycles. The lowest BCUT2D eigenvalue weighted by Gasteiger charge is -2.33. The lowest BCUT2D eigenvalue weighted by molar-refractivity contribution is -0.139. The van der Waals surface area contributed by atoms with Crippen molar-refractivity contribution in [1.82, 2.24) is 10.2 Å². The molecule has 1 fully saturated rings. The molecule has 8 nitrogen and oxygen atoms in total. The van der Waals surface area contributed by atoms with Gasteiger partial charge in [-0.2, -0.15) is 0 Å². The number of rotatable bonds is 11. The molecule has 41 heavy (non-hydrogen) atoms. The zero-order valence-electron chi connectivity index (χ0n) is 23.3. The third-order valence-electron chi connectivity index (χ3n) is 7.17. The average molecular weight is 598 g/mol. The average Bonchev–Trinajstić information content (AvgIpc) is 2.96. The summed E-state index contributed by atoms with van der Waals surface area (Å²) < 4.78 is 32.6. The minimum Gasteiger partial charge on any atom is -0.457 e. The Hall–Kier alpha value is -3.56. The van der Waals surface area contributed by atoms with Crippen LogP contribution in [0, 0.1) is 0 Å². The summed E-state index contributed by atoms with van der Waals surface area (Å²) in [7, 11) is -3.84. The summed E-state index contributed by atoms with van der Waals surface area (Å²) in [5.41, 5.74) is 1.08. The molecule has 0 spiro atoms. The number of sulfonamides is 1. The highest BCUT2D eigenvalue weighted by Crippen LogP contribution is 2.26. The van der Waals surface area contributed by atoms with Gasteiger partial charge in [-0.15, -0.1) is 0 Å². The summed E-state index contributed by atoms with van der Waals surface area (Å²) in [5.74, 6) is 0.416. The number of nitrogens with zero attached hydrogens (tertiary/aromatic N) is 2. The van der Waals surface area contributed by atoms with E-state index in [9.17, 15) is 18.0 Å². The molecule has 10 heteroatoms. The molecule has 3 aromatic rings. The predicted octanol–water partition coefficient (Wildman–Crippen LogP) is 5.76. The van der Waals surface area contributed by atoms with Crippen molar-refractivity contribution in [1.29, 1.82) is 0 Å². The second-order valence-electron chi connectivity index (χ2n) is 10.3. The van der Waals surface area contributed by atoms with Gasteiger partial charge in [-0.05, 0) is 73.9 Å². The molecule has 0 aliphatic heterocycles. The zero-order valence-corrected chi connectivity index (χ0v) is 24.9. The summed E-state index contributed by atoms with van der Waals surface area (Å²) in [6.07, 6.45) is 6.16. The van der Waals surface area contributed by atoms with Gasteiger partial charge in [0.25, 0.3) is 0 Å². The molecule has 3 aromatic carbocycles. The van der Waals surface area contributed by atoms with E-state index in [0.29, 0.717) is 22.2 Å². The second-order valence-corrected chi connectivity index (χ2v) is 12.7. The van der Waals surface area contributed by atoms with Crippen molar-refractivity contribution in [2.45, 2.75) is 57.7 Å². The van der Waals surface area contributed by atoms with Crippen molar-refractivity contribution in [3.63, 3.8) is 0 Å². The third kappa shape index (κ3) is 8.71. The monoisotopic (exact) mass is 597 g/mol. The Morgan fingerprint density at radius 3 is 2.15 bits per heavy atom. The van der Waals surface area contributed by atoms with Crippen molar-refractivity contribution in [2.75, 3.05) is 17.1 Å². The van der Waals surface area contributed by atoms with Crippen molar-refractivity contribution in [2.24, 2.45) is 0 Å². The van der Waals surface area contributed by atoms with Gasteiger partial charge in [0.1, 0.15) is 24.1 Å². The number of carbonyl (C=O) groups excluding carboxylic acids is 2. The van der Waals surface area contributed by atoms with Crippen LogP contribution in [-0.4, -0.2) is 50.0 Å². The smallest absolute Gasteiger partial charge is 0.244 e. The van der Waals surface area contributed by atoms with E-state index >= 15 is 0 Å². The van der Waals surface area contributed by atoms with E-state index in [1.165, 1.54) is 4.90 Å². The number of ether oxygens (including phenoxy) is 1. The number of anilines is 1. The molecule has 218 valence electrons. The highest BCUT2D eigenvalue weighted by Gasteiger charge is 2.31. The summed E-state index contributed by atoms with van der Waals surface area (Å²) in [6.45, 7) is 1.33. The predicted molar refractivity (Wildman–Crippen MR) is 162 cm³/mol. The van der Waals surface area contributed by atoms with Crippen LogP contribution in [0.15, 0.2) is 78.9 Å². The summed E-state index contributed by atoms with van der Waals surface area (Å²) in [6, 6.07) is 22.0. The molecule has 1 saturated carbocycles. The van der Waals surface area contributed by atoms with E-state index < -0.39 is 28.5 Å². The van der Waals surface area contributed by atoms with Crippen LogP contribution < -0.4 is 14.4 Å². The molecule has 1 N–H and O–H groups in total. The van der Waals surface area contributed by atoms with E-state index in [0.717, 1.165) is 48.2 Å². The van der Waals surface area contributed by atoms with Crippen LogP contribution in [0.3, 0.4) is 0 Å². The van der Waals surface area contributed by atoms with Gasteiger partial charge in [0, 0.05) is 17.6 Å². The third-order valence-corrected chi connectivity index (χ3v) is 8.56. The van der Waals surface area contributed by atoms with Crippen molar-refractivity contribution >= 4 is 39.1 Å². The number of hydrogen-bond donors (Lipinski definition) is 1. The molecule has 0 saturated heterocycles. The Labute approximate surface area is 247 Å². The SMILES string of the molecule is CC(C(=O)NC1CCCCC1)N(Cc1ccc(Cl)cc1)C(=O)CN(c1ccc(Oc2ccccc2)cc1)S(C)(=O)=O. The Kier molecular flexibility index (Phi) is 10.3. The number of halogens is 1. The Balaban J connectivity index is 1.54. The molecule has 0 heterocycles. The fourth-order valence-corrected chi connectivity index (χ4v) is 5.83. The van der Waals surface area contributed by atoms with Crippen LogP contribution in [0.5, 0.6) is 11.5 Å². The summed E-state index contributed by atoms with van der Waals surface area (Å²) in [5, 5.41) is 3.64. The van der Waals surface area contributed by atoms with Crippen LogP contribution >= 0.6 is 11.6 Å². The quantitative estimate of drug-likeness (QED) is 0.303. The molecule has 2 amide bonds. The second kappa shape index (κ2) is 13.9. The van der Waals surface area contributed by atoms with Gasteiger partial charge in [0.15, 0.2) is 0 Å². The summed E-state index contributed by atoms with van der Waals surface area (Å²) in [4.78, 5) is 28.5. The molecule has 1 aliphatic carbocycles. The number of carbonyl (C=O) groups is 2. The summed E-state index contributed by atoms with van der Waals surface area (Å²) >= 11 is 6.05. The standard InChI is InChI=1S/C31H36ClN3O5S/c1-23(31(37)33-26-9-5-3-6-10-26)34(21-24-13-15-25(32)16-14-24)30(36)22-35(41(2,38)39)27-17-19-29(20-18-27)40-28-11-7-4-8-12-28/h4,7-8,11-20,23,26H,3,5-6,9-10,21-22H2,1-2H3,(H,33,37). The van der Waals surface area contributed by atoms with E-state index in [4.69, 9.17) is 16.3 Å². The molecular weight excluding hydrogens is 562 g/mol. The molecule has 1 unspecified atom stereocenters. The van der Waals surface area contributed by atoms with Crippen LogP contribution in [0.4, 0.5) is 5.69 Å². The van der Waals surface area contributed by atoms with Crippen LogP contribution in [-0.2, 0) is 26.2 Å². The zero-order chi connectivity index (χ0) is 29.4. The topological polar surface area (TPSA) is 96.0 Å². The number of benzene rings is 3. The van der Waals surface area contributed by atoms with Gasteiger partial charge < -0.3 is 15.0 Å². The maximum absolute atomic E-state index is 13.8. The first kappa shape index (κ1) is 30.4. The number of nitrogens with one attached hydrogen (secondary N) is 1. The van der Waals surface area contributed by atoms with Gasteiger partial charge in [0.2, 0.25) is 21.8 Å². The number of hydrogen-bond acceptors (Lipinski definition) is 5. The van der Waals surface area contributed by atoms with E-state index in [2.05, 4.69) is 5.32 Å². The van der Waals surface area contributed by atoms with Crippen molar-refractivity contribution < 1.29 is 22.7 Å². The highest BCUT2D eigenvalue weighted by atomic mass is 35.5. The first-order chi connectivity index (χ1) is 19.6. The van der Waals surface area contributed by atoms with E-state index in [-0.39, 0.29) is 18.5 Å². The minimum absolute atomic E-state index is 0.0790. The Morgan fingerprint density at radius 1 is 0.927 bits per heavy atom. The maximum atomic E-state index is 13.8. The minimum atomic E-state index is -3.84.